The lowest BCUT2D eigenvalue weighted by molar-refractivity contribution is -0.155. The molecule has 4 atom stereocenters. The Morgan fingerprint density at radius 1 is 0.783 bits per heavy atom. The molecule has 2 amide bonds. The van der Waals surface area contributed by atoms with E-state index in [2.05, 4.69) is 11.8 Å². The van der Waals surface area contributed by atoms with Crippen molar-refractivity contribution in [3.63, 3.8) is 0 Å². The lowest BCUT2D eigenvalue weighted by Crippen LogP contribution is -2.62. The summed E-state index contributed by atoms with van der Waals surface area (Å²) in [5.74, 6) is 0.447. The summed E-state index contributed by atoms with van der Waals surface area (Å²) in [6.45, 7) is 4.51. The number of methoxy groups -OCH3 is 4. The van der Waals surface area contributed by atoms with Crippen LogP contribution in [0, 0.1) is 11.8 Å². The first-order valence-corrected chi connectivity index (χ1v) is 20.9. The van der Waals surface area contributed by atoms with Crippen molar-refractivity contribution >= 4 is 18.0 Å². The Labute approximate surface area is 352 Å². The topological polar surface area (TPSA) is 127 Å². The minimum atomic E-state index is -0.936. The minimum Gasteiger partial charge on any atom is -0.493 e. The van der Waals surface area contributed by atoms with Crippen LogP contribution in [-0.4, -0.2) is 92.4 Å². The summed E-state index contributed by atoms with van der Waals surface area (Å²) in [6.07, 6.45) is 2.02. The molecule has 1 unspecified atom stereocenters. The highest BCUT2D eigenvalue weighted by atomic mass is 16.6. The summed E-state index contributed by atoms with van der Waals surface area (Å²) in [5, 5.41) is 10.6. The first kappa shape index (κ1) is 42.4. The molecule has 2 aliphatic heterocycles. The van der Waals surface area contributed by atoms with E-state index in [1.54, 1.807) is 33.3 Å². The molecule has 1 fully saturated rings. The van der Waals surface area contributed by atoms with E-state index in [0.29, 0.717) is 55.2 Å². The van der Waals surface area contributed by atoms with Crippen LogP contribution >= 0.6 is 0 Å². The van der Waals surface area contributed by atoms with E-state index < -0.39 is 23.5 Å². The van der Waals surface area contributed by atoms with Gasteiger partial charge in [-0.2, -0.15) is 0 Å². The molecule has 12 heteroatoms. The van der Waals surface area contributed by atoms with E-state index in [1.807, 2.05) is 89.8 Å². The number of rotatable bonds is 14. The second-order valence-corrected chi connectivity index (χ2v) is 15.9. The molecule has 0 aromatic heterocycles. The van der Waals surface area contributed by atoms with Gasteiger partial charge in [0.25, 0.3) is 0 Å². The van der Waals surface area contributed by atoms with E-state index in [1.165, 1.54) is 0 Å². The van der Waals surface area contributed by atoms with E-state index in [4.69, 9.17) is 23.7 Å². The van der Waals surface area contributed by atoms with Gasteiger partial charge in [0.1, 0.15) is 6.61 Å². The van der Waals surface area contributed by atoms with Gasteiger partial charge in [0.05, 0.1) is 39.9 Å². The van der Waals surface area contributed by atoms with Crippen LogP contribution in [0.5, 0.6) is 23.0 Å². The van der Waals surface area contributed by atoms with Gasteiger partial charge in [-0.15, -0.1) is 0 Å². The predicted octanol–water partition coefficient (Wildman–Crippen LogP) is 7.65. The summed E-state index contributed by atoms with van der Waals surface area (Å²) >= 11 is 0. The molecule has 4 aromatic rings. The summed E-state index contributed by atoms with van der Waals surface area (Å²) in [4.78, 5) is 48.1. The van der Waals surface area contributed by atoms with Crippen molar-refractivity contribution < 1.29 is 43.2 Å². The number of hydrogen-bond donors (Lipinski definition) is 1. The highest BCUT2D eigenvalue weighted by Crippen LogP contribution is 2.59. The maximum atomic E-state index is 15.3. The molecule has 318 valence electrons. The Balaban J connectivity index is 1.32. The van der Waals surface area contributed by atoms with Crippen molar-refractivity contribution in [3.05, 3.63) is 118 Å². The Kier molecular flexibility index (Phi) is 13.2. The number of carbonyl (C=O) groups is 3. The Morgan fingerprint density at radius 3 is 2.02 bits per heavy atom. The van der Waals surface area contributed by atoms with Gasteiger partial charge in [0.15, 0.2) is 23.0 Å². The predicted molar refractivity (Wildman–Crippen MR) is 226 cm³/mol. The molecule has 1 N–H and O–H groups in total. The quantitative estimate of drug-likeness (QED) is 0.136. The van der Waals surface area contributed by atoms with Gasteiger partial charge in [0.2, 0.25) is 5.91 Å². The normalized spacial score (nSPS) is 21.0. The van der Waals surface area contributed by atoms with Crippen LogP contribution in [0.1, 0.15) is 72.0 Å². The van der Waals surface area contributed by atoms with Crippen LogP contribution in [0.15, 0.2) is 84.9 Å². The molecule has 0 saturated heterocycles. The number of benzene rings is 4. The van der Waals surface area contributed by atoms with Crippen molar-refractivity contribution in [1.29, 1.82) is 0 Å². The second kappa shape index (κ2) is 18.7. The summed E-state index contributed by atoms with van der Waals surface area (Å²) in [7, 11) is 6.48. The van der Waals surface area contributed by atoms with Gasteiger partial charge in [-0.25, -0.2) is 4.79 Å². The molecule has 0 radical (unpaired) electrons. The molecule has 7 rings (SSSR count). The third-order valence-electron chi connectivity index (χ3n) is 12.9. The fourth-order valence-corrected chi connectivity index (χ4v) is 10.0. The van der Waals surface area contributed by atoms with Gasteiger partial charge < -0.3 is 38.6 Å². The maximum absolute atomic E-state index is 15.3. The molecule has 60 heavy (non-hydrogen) atoms. The van der Waals surface area contributed by atoms with Crippen molar-refractivity contribution in [2.24, 2.45) is 11.8 Å². The van der Waals surface area contributed by atoms with Gasteiger partial charge in [-0.3, -0.25) is 14.5 Å². The zero-order valence-electron chi connectivity index (χ0n) is 35.4. The van der Waals surface area contributed by atoms with Crippen LogP contribution in [0.4, 0.5) is 4.79 Å². The molecule has 12 nitrogen and oxygen atoms in total. The fourth-order valence-electron chi connectivity index (χ4n) is 10.0. The largest absolute Gasteiger partial charge is 0.493 e. The average molecular weight is 820 g/mol. The van der Waals surface area contributed by atoms with Crippen molar-refractivity contribution in [2.45, 2.75) is 70.2 Å². The zero-order valence-corrected chi connectivity index (χ0v) is 35.4. The van der Waals surface area contributed by atoms with Crippen LogP contribution in [-0.2, 0) is 45.9 Å². The maximum Gasteiger partial charge on any atom is 0.410 e. The van der Waals surface area contributed by atoms with Gasteiger partial charge >= 0.3 is 12.1 Å². The number of carboxylic acid groups (broad SMARTS) is 1. The first-order valence-electron chi connectivity index (χ1n) is 20.9. The standard InChI is InChI=1S/C48H57N3O9/c1-6-49-22-18-34-26-40(56-2)42(58-4)28-37(34)45(49)39-25-36(46(53)54)17-21-48(39)38-29-43(59-5)41(57-3)27-35(38)19-24-51(48)44(52)20-23-50(30-32-13-9-7-10-14-32)47(55)60-31-33-15-11-8-12-16-33/h7-16,26-29,36,39,45H,6,17-25,30-31H2,1-5H3,(H,53,54)/t36-,39-,45?,48+/m1/s1. The lowest BCUT2D eigenvalue weighted by atomic mass is 9.58. The van der Waals surface area contributed by atoms with E-state index in [9.17, 15) is 14.7 Å². The smallest absolute Gasteiger partial charge is 0.410 e. The number of carboxylic acids is 1. The molecule has 1 saturated carbocycles. The molecule has 1 spiro atoms. The molecule has 1 aliphatic carbocycles. The molecule has 0 bridgehead atoms. The van der Waals surface area contributed by atoms with Gasteiger partial charge in [0, 0.05) is 44.6 Å². The van der Waals surface area contributed by atoms with Gasteiger partial charge in [-0.1, -0.05) is 67.6 Å². The molecule has 3 aliphatic rings. The number of fused-ring (bicyclic) bond motifs is 3. The van der Waals surface area contributed by atoms with E-state index in [-0.39, 0.29) is 44.0 Å². The number of nitrogens with zero attached hydrogens (tertiary/aromatic N) is 3. The number of carbonyl (C=O) groups excluding carboxylic acids is 2. The van der Waals surface area contributed by atoms with Crippen LogP contribution in [0.3, 0.4) is 0 Å². The molecule has 2 heterocycles. The van der Waals surface area contributed by atoms with Crippen LogP contribution in [0.25, 0.3) is 0 Å². The van der Waals surface area contributed by atoms with Crippen LogP contribution in [0.2, 0.25) is 0 Å². The fraction of sp³-hybridized carbons (Fsp3) is 0.438. The highest BCUT2D eigenvalue weighted by Gasteiger charge is 2.58. The number of ether oxygens (including phenoxy) is 5. The van der Waals surface area contributed by atoms with Crippen molar-refractivity contribution in [2.75, 3.05) is 54.6 Å². The third-order valence-corrected chi connectivity index (χ3v) is 12.9. The number of amides is 2. The third kappa shape index (κ3) is 8.34. The monoisotopic (exact) mass is 819 g/mol. The summed E-state index contributed by atoms with van der Waals surface area (Å²) < 4.78 is 29.1. The average Bonchev–Trinajstić information content (AvgIpc) is 3.28. The zero-order chi connectivity index (χ0) is 42.4. The summed E-state index contributed by atoms with van der Waals surface area (Å²) in [5.41, 5.74) is 4.99. The second-order valence-electron chi connectivity index (χ2n) is 15.9. The lowest BCUT2D eigenvalue weighted by Gasteiger charge is -2.59. The van der Waals surface area contributed by atoms with Crippen molar-refractivity contribution in [1.82, 2.24) is 14.7 Å². The Bertz CT molecular complexity index is 2150. The van der Waals surface area contributed by atoms with E-state index >= 15 is 4.79 Å². The molecule has 4 aromatic carbocycles. The number of likely N-dealkylation sites (N-methyl/N-ethyl adjacent to an activating group) is 1. The minimum absolute atomic E-state index is 0.0382. The highest BCUT2D eigenvalue weighted by molar-refractivity contribution is 5.80. The molecular formula is C48H57N3O9. The summed E-state index contributed by atoms with van der Waals surface area (Å²) in [6, 6.07) is 27.1. The van der Waals surface area contributed by atoms with E-state index in [0.717, 1.165) is 52.9 Å². The van der Waals surface area contributed by atoms with Crippen molar-refractivity contribution in [3.8, 4) is 23.0 Å². The Hall–Kier alpha value is -5.75. The Morgan fingerprint density at radius 2 is 1.38 bits per heavy atom. The number of hydrogen-bond acceptors (Lipinski definition) is 9. The van der Waals surface area contributed by atoms with Gasteiger partial charge in [-0.05, 0) is 96.3 Å². The SMILES string of the molecule is CCN1CCc2cc(OC)c(OC)cc2C1[C@H]1C[C@H](C(=O)O)CC[C@]12c1cc(OC)c(OC)cc1CCN2C(=O)CCN(Cc1ccccc1)C(=O)OCc1ccccc1. The molecular weight excluding hydrogens is 763 g/mol. The first-order chi connectivity index (χ1) is 29.1. The van der Waals surface area contributed by atoms with Crippen LogP contribution < -0.4 is 18.9 Å². The number of aliphatic carboxylic acids is 1.